The van der Waals surface area contributed by atoms with Crippen molar-refractivity contribution in [3.8, 4) is 0 Å². The molecular weight excluding hydrogens is 584 g/mol. The van der Waals surface area contributed by atoms with E-state index in [1.165, 1.54) is 24.8 Å². The van der Waals surface area contributed by atoms with Crippen LogP contribution in [0.3, 0.4) is 0 Å². The number of hydrogen-bond donors (Lipinski definition) is 2. The molecule has 4 heterocycles. The van der Waals surface area contributed by atoms with Crippen molar-refractivity contribution in [3.05, 3.63) is 52.5 Å². The molecule has 41 heavy (non-hydrogen) atoms. The van der Waals surface area contributed by atoms with Gasteiger partial charge in [-0.3, -0.25) is 14.7 Å². The van der Waals surface area contributed by atoms with Crippen LogP contribution >= 0.6 is 11.3 Å². The van der Waals surface area contributed by atoms with E-state index in [-0.39, 0.29) is 11.8 Å². The molecule has 226 valence electrons. The maximum absolute atomic E-state index is 13.7. The number of morpholine rings is 1. The summed E-state index contributed by atoms with van der Waals surface area (Å²) < 4.78 is 69.8. The van der Waals surface area contributed by atoms with Gasteiger partial charge in [0.1, 0.15) is 0 Å². The average molecular weight is 612 g/mol. The molecule has 0 aromatic carbocycles. The second-order valence-corrected chi connectivity index (χ2v) is 10.3. The number of alkyl halides is 6. The first kappa shape index (κ1) is 32.3. The number of carboxylic acids is 2. The second kappa shape index (κ2) is 13.2. The van der Waals surface area contributed by atoms with Crippen molar-refractivity contribution >= 4 is 29.2 Å². The summed E-state index contributed by atoms with van der Waals surface area (Å²) in [4.78, 5) is 40.3. The molecule has 2 saturated heterocycles. The SMILES string of the molecule is O=C(O)C(F)(F)F.O=C(O)C(F)(F)F.O=C1N(Cc2ccsc2)CCOC12CN(C1CCC1)CC2c1cccnc1. The highest BCUT2D eigenvalue weighted by molar-refractivity contribution is 7.07. The van der Waals surface area contributed by atoms with Gasteiger partial charge in [0.15, 0.2) is 5.60 Å². The minimum Gasteiger partial charge on any atom is -0.475 e. The molecule has 5 rings (SSSR count). The van der Waals surface area contributed by atoms with E-state index in [0.29, 0.717) is 32.3 Å². The van der Waals surface area contributed by atoms with Crippen molar-refractivity contribution in [2.75, 3.05) is 26.2 Å². The van der Waals surface area contributed by atoms with Crippen LogP contribution in [0.4, 0.5) is 26.3 Å². The fourth-order valence-corrected chi connectivity index (χ4v) is 5.39. The summed E-state index contributed by atoms with van der Waals surface area (Å²) in [5.74, 6) is -5.32. The average Bonchev–Trinajstić information content (AvgIpc) is 3.50. The van der Waals surface area contributed by atoms with Crippen LogP contribution in [0.25, 0.3) is 0 Å². The summed E-state index contributed by atoms with van der Waals surface area (Å²) in [6.45, 7) is 3.53. The van der Waals surface area contributed by atoms with E-state index in [9.17, 15) is 31.1 Å². The van der Waals surface area contributed by atoms with Crippen molar-refractivity contribution in [1.82, 2.24) is 14.8 Å². The number of carbonyl (C=O) groups excluding carboxylic acids is 1. The summed E-state index contributed by atoms with van der Waals surface area (Å²) >= 11 is 1.68. The number of aromatic nitrogens is 1. The van der Waals surface area contributed by atoms with Crippen LogP contribution < -0.4 is 0 Å². The van der Waals surface area contributed by atoms with Gasteiger partial charge in [0.2, 0.25) is 0 Å². The normalized spacial score (nSPS) is 23.2. The molecule has 0 bridgehead atoms. The maximum atomic E-state index is 13.7. The molecule has 2 aromatic heterocycles. The number of ether oxygens (including phenoxy) is 1. The van der Waals surface area contributed by atoms with E-state index in [1.807, 2.05) is 17.2 Å². The van der Waals surface area contributed by atoms with Gasteiger partial charge in [-0.15, -0.1) is 0 Å². The Balaban J connectivity index is 0.000000276. The molecule has 1 aliphatic carbocycles. The zero-order valence-electron chi connectivity index (χ0n) is 21.4. The molecule has 2 aromatic rings. The maximum Gasteiger partial charge on any atom is 0.490 e. The number of thiophene rings is 1. The van der Waals surface area contributed by atoms with E-state index in [4.69, 9.17) is 24.5 Å². The molecule has 2 unspecified atom stereocenters. The molecule has 3 aliphatic rings. The Morgan fingerprint density at radius 1 is 1.10 bits per heavy atom. The first-order valence-electron chi connectivity index (χ1n) is 12.3. The second-order valence-electron chi connectivity index (χ2n) is 9.56. The summed E-state index contributed by atoms with van der Waals surface area (Å²) in [5, 5.41) is 18.5. The number of carboxylic acid groups (broad SMARTS) is 2. The minimum absolute atomic E-state index is 0.0459. The molecule has 1 spiro atoms. The predicted molar refractivity (Wildman–Crippen MR) is 132 cm³/mol. The van der Waals surface area contributed by atoms with Crippen molar-refractivity contribution in [1.29, 1.82) is 0 Å². The van der Waals surface area contributed by atoms with Gasteiger partial charge in [0.05, 0.1) is 6.61 Å². The van der Waals surface area contributed by atoms with E-state index >= 15 is 0 Å². The van der Waals surface area contributed by atoms with Gasteiger partial charge in [0.25, 0.3) is 5.91 Å². The molecule has 1 saturated carbocycles. The van der Waals surface area contributed by atoms with E-state index in [0.717, 1.165) is 12.1 Å². The lowest BCUT2D eigenvalue weighted by Gasteiger charge is -2.43. The number of amides is 1. The van der Waals surface area contributed by atoms with Crippen LogP contribution in [0.15, 0.2) is 41.4 Å². The van der Waals surface area contributed by atoms with Crippen LogP contribution in [0.5, 0.6) is 0 Å². The predicted octanol–water partition coefficient (Wildman–Crippen LogP) is 4.16. The van der Waals surface area contributed by atoms with Gasteiger partial charge < -0.3 is 19.8 Å². The van der Waals surface area contributed by atoms with Gasteiger partial charge in [-0.2, -0.15) is 37.7 Å². The van der Waals surface area contributed by atoms with Gasteiger partial charge in [-0.25, -0.2) is 9.59 Å². The Kier molecular flexibility index (Phi) is 10.4. The third kappa shape index (κ3) is 8.16. The molecule has 0 radical (unpaired) electrons. The summed E-state index contributed by atoms with van der Waals surface area (Å²) in [6, 6.07) is 6.77. The molecule has 2 aliphatic heterocycles. The number of carbonyl (C=O) groups is 3. The van der Waals surface area contributed by atoms with E-state index in [2.05, 4.69) is 32.8 Å². The third-order valence-electron chi connectivity index (χ3n) is 6.90. The summed E-state index contributed by atoms with van der Waals surface area (Å²) in [5.41, 5.74) is 1.55. The first-order chi connectivity index (χ1) is 19.1. The topological polar surface area (TPSA) is 120 Å². The highest BCUT2D eigenvalue weighted by atomic mass is 32.1. The molecule has 16 heteroatoms. The van der Waals surface area contributed by atoms with Crippen LogP contribution in [0, 0.1) is 0 Å². The lowest BCUT2D eigenvalue weighted by molar-refractivity contribution is -0.193. The molecule has 1 amide bonds. The van der Waals surface area contributed by atoms with Gasteiger partial charge in [-0.1, -0.05) is 12.5 Å². The Morgan fingerprint density at radius 2 is 1.73 bits per heavy atom. The number of halogens is 6. The highest BCUT2D eigenvalue weighted by Gasteiger charge is 2.58. The van der Waals surface area contributed by atoms with Gasteiger partial charge >= 0.3 is 24.3 Å². The Labute approximate surface area is 234 Å². The number of hydrogen-bond acceptors (Lipinski definition) is 7. The zero-order valence-corrected chi connectivity index (χ0v) is 22.2. The molecule has 9 nitrogen and oxygen atoms in total. The van der Waals surface area contributed by atoms with Crippen molar-refractivity contribution in [2.24, 2.45) is 0 Å². The van der Waals surface area contributed by atoms with Gasteiger partial charge in [0, 0.05) is 50.5 Å². The Hall–Kier alpha value is -3.24. The van der Waals surface area contributed by atoms with Crippen molar-refractivity contribution < 1.29 is 55.7 Å². The number of likely N-dealkylation sites (tertiary alicyclic amines) is 1. The lowest BCUT2D eigenvalue weighted by Crippen LogP contribution is -2.60. The van der Waals surface area contributed by atoms with Crippen LogP contribution in [-0.2, 0) is 25.7 Å². The van der Waals surface area contributed by atoms with Crippen molar-refractivity contribution in [3.63, 3.8) is 0 Å². The molecular formula is C25H27F6N3O6S. The molecule has 2 N–H and O–H groups in total. The van der Waals surface area contributed by atoms with Crippen LogP contribution in [0.1, 0.15) is 36.3 Å². The van der Waals surface area contributed by atoms with Crippen LogP contribution in [0.2, 0.25) is 0 Å². The number of rotatable bonds is 4. The van der Waals surface area contributed by atoms with E-state index in [1.54, 1.807) is 17.5 Å². The Bertz CT molecular complexity index is 1150. The number of nitrogens with zero attached hydrogens (tertiary/aromatic N) is 3. The Morgan fingerprint density at radius 3 is 2.20 bits per heavy atom. The third-order valence-corrected chi connectivity index (χ3v) is 7.64. The lowest BCUT2D eigenvalue weighted by atomic mass is 9.83. The van der Waals surface area contributed by atoms with Crippen LogP contribution in [-0.4, -0.2) is 93.1 Å². The first-order valence-corrected chi connectivity index (χ1v) is 13.3. The quantitative estimate of drug-likeness (QED) is 0.495. The number of aliphatic carboxylic acids is 2. The fraction of sp³-hybridized carbons (Fsp3) is 0.520. The fourth-order valence-electron chi connectivity index (χ4n) is 4.73. The molecule has 2 atom stereocenters. The standard InChI is InChI=1S/C21H25N3O2S.2C2HF3O2/c25-20-21(26-9-8-23(20)12-16-6-10-27-14-16)15-24(18-4-1-5-18)13-19(21)17-3-2-7-22-11-17;2*3-2(4,5)1(6)7/h2-3,6-7,10-11,14,18-19H,1,4-5,8-9,12-13,15H2;2*(H,6,7). The zero-order chi connectivity index (χ0) is 30.4. The summed E-state index contributed by atoms with van der Waals surface area (Å²) in [6.07, 6.45) is -2.69. The molecule has 3 fully saturated rings. The largest absolute Gasteiger partial charge is 0.490 e. The number of pyridine rings is 1. The smallest absolute Gasteiger partial charge is 0.475 e. The highest BCUT2D eigenvalue weighted by Crippen LogP contribution is 2.44. The summed E-state index contributed by atoms with van der Waals surface area (Å²) in [7, 11) is 0. The van der Waals surface area contributed by atoms with Gasteiger partial charge in [-0.05, 0) is 46.9 Å². The van der Waals surface area contributed by atoms with Crippen molar-refractivity contribution in [2.45, 2.75) is 55.7 Å². The minimum atomic E-state index is -5.08. The van der Waals surface area contributed by atoms with E-state index < -0.39 is 29.9 Å². The monoisotopic (exact) mass is 611 g/mol.